The van der Waals surface area contributed by atoms with Crippen molar-refractivity contribution in [3.8, 4) is 11.6 Å². The number of thioether (sulfide) groups is 1. The van der Waals surface area contributed by atoms with Crippen LogP contribution in [0, 0.1) is 0 Å². The Kier molecular flexibility index (Phi) is 5.57. The molecule has 4 rings (SSSR count). The zero-order chi connectivity index (χ0) is 21.8. The molecule has 14 nitrogen and oxygen atoms in total. The molecule has 0 unspecified atom stereocenters. The predicted octanol–water partition coefficient (Wildman–Crippen LogP) is 0.123. The van der Waals surface area contributed by atoms with Crippen LogP contribution in [0.2, 0.25) is 0 Å². The van der Waals surface area contributed by atoms with Gasteiger partial charge in [-0.1, -0.05) is 29.1 Å². The van der Waals surface area contributed by atoms with Gasteiger partial charge in [0.25, 0.3) is 5.91 Å². The van der Waals surface area contributed by atoms with Crippen molar-refractivity contribution in [1.82, 2.24) is 45.5 Å². The van der Waals surface area contributed by atoms with Crippen molar-refractivity contribution >= 4 is 29.7 Å². The normalized spacial score (nSPS) is 11.3. The van der Waals surface area contributed by atoms with Crippen molar-refractivity contribution in [2.75, 3.05) is 5.73 Å². The quantitative estimate of drug-likeness (QED) is 0.201. The first-order valence-electron chi connectivity index (χ1n) is 8.65. The second kappa shape index (κ2) is 8.62. The summed E-state index contributed by atoms with van der Waals surface area (Å²) in [5, 5.41) is 37.0. The molecular formula is C16H15N11O3S. The van der Waals surface area contributed by atoms with Gasteiger partial charge in [0.2, 0.25) is 11.6 Å². The topological polar surface area (TPSA) is 188 Å². The molecule has 0 radical (unpaired) electrons. The number of hydrogen-bond donors (Lipinski definition) is 3. The van der Waals surface area contributed by atoms with E-state index in [-0.39, 0.29) is 28.8 Å². The number of carbonyl (C=O) groups excluding carboxylic acids is 1. The molecule has 0 saturated carbocycles. The van der Waals surface area contributed by atoms with E-state index < -0.39 is 5.91 Å². The predicted molar refractivity (Wildman–Crippen MR) is 107 cm³/mol. The molecule has 0 fully saturated rings. The number of nitrogen functional groups attached to an aromatic ring is 1. The van der Waals surface area contributed by atoms with Crippen LogP contribution in [0.5, 0.6) is 5.75 Å². The molecule has 0 saturated heterocycles. The molecule has 0 aliphatic heterocycles. The van der Waals surface area contributed by atoms with Crippen molar-refractivity contribution < 1.29 is 14.5 Å². The number of aromatic nitrogens is 8. The van der Waals surface area contributed by atoms with Gasteiger partial charge in [0, 0.05) is 12.8 Å². The molecule has 31 heavy (non-hydrogen) atoms. The number of carbonyl (C=O) groups is 1. The zero-order valence-electron chi connectivity index (χ0n) is 15.9. The highest BCUT2D eigenvalue weighted by Gasteiger charge is 2.24. The number of nitrogens with two attached hydrogens (primary N) is 1. The van der Waals surface area contributed by atoms with Crippen LogP contribution in [0.3, 0.4) is 0 Å². The van der Waals surface area contributed by atoms with E-state index in [0.29, 0.717) is 16.4 Å². The second-order valence-corrected chi connectivity index (χ2v) is 7.02. The molecule has 3 aromatic heterocycles. The molecule has 0 bridgehead atoms. The van der Waals surface area contributed by atoms with E-state index in [1.165, 1.54) is 34.8 Å². The summed E-state index contributed by atoms with van der Waals surface area (Å²) in [7, 11) is 1.79. The van der Waals surface area contributed by atoms with Crippen molar-refractivity contribution in [1.29, 1.82) is 0 Å². The Balaban J connectivity index is 1.58. The Labute approximate surface area is 178 Å². The van der Waals surface area contributed by atoms with Crippen LogP contribution in [-0.2, 0) is 12.8 Å². The maximum atomic E-state index is 12.7. The van der Waals surface area contributed by atoms with Crippen LogP contribution in [0.25, 0.3) is 5.82 Å². The van der Waals surface area contributed by atoms with Crippen LogP contribution < -0.4 is 11.2 Å². The molecule has 0 aliphatic rings. The van der Waals surface area contributed by atoms with Crippen LogP contribution >= 0.6 is 11.8 Å². The Morgan fingerprint density at radius 2 is 2.26 bits per heavy atom. The largest absolute Gasteiger partial charge is 0.508 e. The first-order chi connectivity index (χ1) is 15.0. The van der Waals surface area contributed by atoms with E-state index in [0.717, 1.165) is 0 Å². The lowest BCUT2D eigenvalue weighted by Crippen LogP contribution is -2.20. The standard InChI is InChI=1S/C16H15N11O3S/c1-26-8-19-22-16(26)31-7-11-12(20-25-27(11)14-13(17)23-30-24-14)15(29)21-18-6-9-3-2-4-10(28)5-9/h2-6,8,28H,7H2,1H3,(H2,17,23)(H,21,29). The number of nitrogens with one attached hydrogen (secondary N) is 1. The zero-order valence-corrected chi connectivity index (χ0v) is 16.8. The summed E-state index contributed by atoms with van der Waals surface area (Å²) in [4.78, 5) is 12.7. The number of benzene rings is 1. The minimum Gasteiger partial charge on any atom is -0.508 e. The smallest absolute Gasteiger partial charge is 0.293 e. The molecule has 1 amide bonds. The van der Waals surface area contributed by atoms with Crippen molar-refractivity contribution in [3.05, 3.63) is 47.5 Å². The number of aromatic hydroxyl groups is 1. The maximum absolute atomic E-state index is 12.7. The van der Waals surface area contributed by atoms with E-state index in [2.05, 4.69) is 46.0 Å². The van der Waals surface area contributed by atoms with E-state index in [1.807, 2.05) is 0 Å². The Morgan fingerprint density at radius 3 is 2.97 bits per heavy atom. The van der Waals surface area contributed by atoms with Crippen molar-refractivity contribution in [3.63, 3.8) is 0 Å². The molecule has 1 aromatic carbocycles. The molecule has 3 heterocycles. The number of amides is 1. The summed E-state index contributed by atoms with van der Waals surface area (Å²) in [5.41, 5.74) is 9.13. The fourth-order valence-corrected chi connectivity index (χ4v) is 3.36. The SMILES string of the molecule is Cn1cnnc1SCc1c(C(=O)NN=Cc2cccc(O)c2)nnn1-c1nonc1N. The van der Waals surface area contributed by atoms with Gasteiger partial charge in [0.05, 0.1) is 11.9 Å². The Morgan fingerprint density at radius 1 is 1.39 bits per heavy atom. The number of phenolic OH excluding ortho intramolecular Hbond substituents is 1. The van der Waals surface area contributed by atoms with E-state index in [1.54, 1.807) is 30.1 Å². The highest BCUT2D eigenvalue weighted by atomic mass is 32.2. The lowest BCUT2D eigenvalue weighted by Gasteiger charge is -2.05. The second-order valence-electron chi connectivity index (χ2n) is 6.08. The third-order valence-electron chi connectivity index (χ3n) is 3.93. The maximum Gasteiger partial charge on any atom is 0.293 e. The van der Waals surface area contributed by atoms with Gasteiger partial charge in [0.15, 0.2) is 10.9 Å². The van der Waals surface area contributed by atoms with Gasteiger partial charge in [-0.05, 0) is 28.0 Å². The van der Waals surface area contributed by atoms with Gasteiger partial charge in [-0.15, -0.1) is 15.3 Å². The third kappa shape index (κ3) is 4.35. The highest BCUT2D eigenvalue weighted by Crippen LogP contribution is 2.24. The van der Waals surface area contributed by atoms with Crippen LogP contribution in [0.4, 0.5) is 5.82 Å². The minimum atomic E-state index is -0.605. The molecule has 0 spiro atoms. The number of phenols is 1. The monoisotopic (exact) mass is 441 g/mol. The first-order valence-corrected chi connectivity index (χ1v) is 9.63. The summed E-state index contributed by atoms with van der Waals surface area (Å²) in [6, 6.07) is 6.40. The summed E-state index contributed by atoms with van der Waals surface area (Å²) >= 11 is 1.31. The average molecular weight is 441 g/mol. The van der Waals surface area contributed by atoms with Gasteiger partial charge in [-0.2, -0.15) is 9.78 Å². The molecule has 0 aliphatic carbocycles. The third-order valence-corrected chi connectivity index (χ3v) is 4.98. The number of anilines is 1. The van der Waals surface area contributed by atoms with Gasteiger partial charge < -0.3 is 15.4 Å². The van der Waals surface area contributed by atoms with Gasteiger partial charge >= 0.3 is 0 Å². The number of hydrazone groups is 1. The summed E-state index contributed by atoms with van der Waals surface area (Å²) < 4.78 is 7.62. The van der Waals surface area contributed by atoms with Crippen molar-refractivity contribution in [2.45, 2.75) is 10.9 Å². The number of nitrogens with zero attached hydrogens (tertiary/aromatic N) is 9. The molecule has 158 valence electrons. The summed E-state index contributed by atoms with van der Waals surface area (Å²) in [5.74, 6) is -0.191. The molecule has 0 atom stereocenters. The summed E-state index contributed by atoms with van der Waals surface area (Å²) in [6.07, 6.45) is 2.94. The molecule has 4 N–H and O–H groups in total. The Bertz CT molecular complexity index is 1250. The van der Waals surface area contributed by atoms with Crippen LogP contribution in [-0.4, -0.2) is 57.3 Å². The minimum absolute atomic E-state index is 0.00475. The van der Waals surface area contributed by atoms with E-state index >= 15 is 0 Å². The van der Waals surface area contributed by atoms with Gasteiger partial charge in [-0.25, -0.2) is 10.1 Å². The number of hydrogen-bond acceptors (Lipinski definition) is 12. The van der Waals surface area contributed by atoms with Crippen LogP contribution in [0.1, 0.15) is 21.7 Å². The molecule has 15 heteroatoms. The number of rotatable bonds is 7. The number of aryl methyl sites for hydroxylation is 1. The first kappa shape index (κ1) is 20.0. The van der Waals surface area contributed by atoms with Gasteiger partial charge in [0.1, 0.15) is 12.1 Å². The lowest BCUT2D eigenvalue weighted by molar-refractivity contribution is 0.0949. The molecule has 4 aromatic rings. The fraction of sp³-hybridized carbons (Fsp3) is 0.125. The van der Waals surface area contributed by atoms with Crippen molar-refractivity contribution in [2.24, 2.45) is 12.1 Å². The highest BCUT2D eigenvalue weighted by molar-refractivity contribution is 7.98. The summed E-state index contributed by atoms with van der Waals surface area (Å²) in [6.45, 7) is 0. The molecular weight excluding hydrogens is 426 g/mol. The lowest BCUT2D eigenvalue weighted by atomic mass is 10.2. The van der Waals surface area contributed by atoms with Gasteiger partial charge in [-0.3, -0.25) is 4.79 Å². The Hall–Kier alpha value is -4.27. The van der Waals surface area contributed by atoms with E-state index in [9.17, 15) is 9.90 Å². The van der Waals surface area contributed by atoms with Crippen LogP contribution in [0.15, 0.2) is 45.5 Å². The van der Waals surface area contributed by atoms with E-state index in [4.69, 9.17) is 5.73 Å². The fourth-order valence-electron chi connectivity index (χ4n) is 2.48. The average Bonchev–Trinajstić information content (AvgIpc) is 3.46.